The minimum atomic E-state index is -3.84. The van der Waals surface area contributed by atoms with Crippen LogP contribution in [0.15, 0.2) is 54.9 Å². The molecule has 4 aromatic heterocycles. The van der Waals surface area contributed by atoms with Crippen LogP contribution in [0.4, 0.5) is 32.2 Å². The lowest BCUT2D eigenvalue weighted by molar-refractivity contribution is -0.123. The predicted molar refractivity (Wildman–Crippen MR) is 212 cm³/mol. The van der Waals surface area contributed by atoms with Crippen LogP contribution >= 0.6 is 11.6 Å². The number of benzene rings is 2. The van der Waals surface area contributed by atoms with Gasteiger partial charge >= 0.3 is 5.92 Å². The molecule has 3 N–H and O–H groups in total. The molecule has 0 fully saturated rings. The first-order valence-electron chi connectivity index (χ1n) is 18.4. The summed E-state index contributed by atoms with van der Waals surface area (Å²) in [5.74, 6) is 2.19. The lowest BCUT2D eigenvalue weighted by atomic mass is 9.84. The lowest BCUT2D eigenvalue weighted by Crippen LogP contribution is -2.36. The quantitative estimate of drug-likeness (QED) is 0.0933. The fraction of sp³-hybridized carbons (Fsp3) is 0.293. The van der Waals surface area contributed by atoms with Gasteiger partial charge in [0.1, 0.15) is 47.0 Å². The third-order valence-electron chi connectivity index (χ3n) is 10.3. The molecule has 2 aliphatic rings. The molecule has 0 aliphatic heterocycles. The number of alkyl halides is 4. The van der Waals surface area contributed by atoms with Gasteiger partial charge in [0.05, 0.1) is 45.2 Å². The average molecular weight is 880 g/mol. The number of halogens is 7. The molecule has 61 heavy (non-hydrogen) atoms. The Labute approximate surface area is 349 Å². The highest BCUT2D eigenvalue weighted by atomic mass is 35.5. The van der Waals surface area contributed by atoms with Crippen molar-refractivity contribution in [2.24, 2.45) is 13.0 Å². The molecule has 0 bridgehead atoms. The number of carbonyl (C=O) groups is 1. The van der Waals surface area contributed by atoms with Gasteiger partial charge in [0.25, 0.3) is 6.43 Å². The normalized spacial score (nSPS) is 16.9. The number of pyridine rings is 1. The number of aromatic nitrogens is 7. The molecule has 8 rings (SSSR count). The molecule has 0 radical (unpaired) electrons. The van der Waals surface area contributed by atoms with Gasteiger partial charge in [-0.25, -0.2) is 35.9 Å². The third kappa shape index (κ3) is 7.68. The van der Waals surface area contributed by atoms with Crippen molar-refractivity contribution in [3.63, 3.8) is 0 Å². The number of sulfonamides is 1. The molecule has 2 aromatic carbocycles. The van der Waals surface area contributed by atoms with E-state index in [2.05, 4.69) is 53.9 Å². The Kier molecular flexibility index (Phi) is 10.2. The van der Waals surface area contributed by atoms with Gasteiger partial charge in [-0.1, -0.05) is 35.4 Å². The van der Waals surface area contributed by atoms with Crippen LogP contribution in [0.5, 0.6) is 0 Å². The van der Waals surface area contributed by atoms with E-state index in [-0.39, 0.29) is 45.2 Å². The Morgan fingerprint density at radius 2 is 1.79 bits per heavy atom. The lowest BCUT2D eigenvalue weighted by Gasteiger charge is -2.24. The monoisotopic (exact) mass is 879 g/mol. The Morgan fingerprint density at radius 3 is 2.43 bits per heavy atom. The van der Waals surface area contributed by atoms with E-state index in [4.69, 9.17) is 16.6 Å². The Balaban J connectivity index is 1.29. The van der Waals surface area contributed by atoms with E-state index in [0.717, 1.165) is 18.4 Å². The van der Waals surface area contributed by atoms with Crippen molar-refractivity contribution in [3.05, 3.63) is 111 Å². The summed E-state index contributed by atoms with van der Waals surface area (Å²) in [6.45, 7) is 2.67. The SMILES string of the molecule is Cn1nc(NS(C)(=O)=O)c2c(Cl)ccc(-c3ccc(C#CC(C)(C)c4ncc[nH]4)nc3[C@H](Cc3cc(F)cc(F)c3)NC(=O)Cn3nc(C(F)F)c4c3C(F)(F)[C@@H]3C#C[C@H]43)c21. The number of H-pyrrole nitrogens is 1. The molecule has 0 saturated carbocycles. The van der Waals surface area contributed by atoms with Crippen LogP contribution in [-0.2, 0) is 46.2 Å². The number of aryl methyl sites for hydroxylation is 1. The number of anilines is 1. The zero-order valence-electron chi connectivity index (χ0n) is 32.4. The van der Waals surface area contributed by atoms with Gasteiger partial charge in [0, 0.05) is 42.2 Å². The van der Waals surface area contributed by atoms with E-state index in [9.17, 15) is 30.8 Å². The number of rotatable bonds is 11. The van der Waals surface area contributed by atoms with Crippen molar-refractivity contribution in [2.75, 3.05) is 11.0 Å². The van der Waals surface area contributed by atoms with Crippen molar-refractivity contribution < 1.29 is 39.6 Å². The number of hydrogen-bond acceptors (Lipinski definition) is 7. The second kappa shape index (κ2) is 15.0. The number of imidazole rings is 1. The van der Waals surface area contributed by atoms with E-state index in [1.807, 2.05) is 13.8 Å². The predicted octanol–water partition coefficient (Wildman–Crippen LogP) is 7.05. The highest BCUT2D eigenvalue weighted by Gasteiger charge is 2.60. The molecule has 0 saturated heterocycles. The van der Waals surface area contributed by atoms with E-state index in [1.54, 1.807) is 30.6 Å². The largest absolute Gasteiger partial charge is 0.347 e. The van der Waals surface area contributed by atoms with Crippen molar-refractivity contribution in [3.8, 4) is 34.8 Å². The molecule has 12 nitrogen and oxygen atoms in total. The molecule has 4 heterocycles. The van der Waals surface area contributed by atoms with E-state index >= 15 is 8.78 Å². The number of aromatic amines is 1. The molecule has 0 spiro atoms. The second-order valence-electron chi connectivity index (χ2n) is 15.2. The summed E-state index contributed by atoms with van der Waals surface area (Å²) in [5, 5.41) is 11.2. The summed E-state index contributed by atoms with van der Waals surface area (Å²) >= 11 is 6.63. The number of nitrogens with zero attached hydrogens (tertiary/aromatic N) is 6. The maximum atomic E-state index is 15.6. The highest BCUT2D eigenvalue weighted by molar-refractivity contribution is 7.92. The average Bonchev–Trinajstić information content (AvgIpc) is 3.91. The van der Waals surface area contributed by atoms with Crippen LogP contribution in [0.25, 0.3) is 22.0 Å². The van der Waals surface area contributed by atoms with Crippen LogP contribution in [0, 0.1) is 41.2 Å². The molecule has 1 amide bonds. The van der Waals surface area contributed by atoms with Gasteiger partial charge < -0.3 is 10.3 Å². The minimum absolute atomic E-state index is 0.0487. The van der Waals surface area contributed by atoms with Gasteiger partial charge in [0.2, 0.25) is 15.9 Å². The van der Waals surface area contributed by atoms with Crippen molar-refractivity contribution in [1.82, 2.24) is 39.8 Å². The van der Waals surface area contributed by atoms with Crippen LogP contribution in [-0.4, -0.2) is 55.1 Å². The Bertz CT molecular complexity index is 3000. The van der Waals surface area contributed by atoms with Crippen LogP contribution in [0.3, 0.4) is 0 Å². The van der Waals surface area contributed by atoms with Crippen molar-refractivity contribution >= 4 is 44.3 Å². The zero-order valence-corrected chi connectivity index (χ0v) is 34.0. The van der Waals surface area contributed by atoms with E-state index in [0.29, 0.717) is 27.7 Å². The number of amides is 1. The van der Waals surface area contributed by atoms with Gasteiger partial charge in [-0.15, -0.1) is 0 Å². The van der Waals surface area contributed by atoms with Crippen LogP contribution in [0.1, 0.15) is 72.0 Å². The van der Waals surface area contributed by atoms with Crippen LogP contribution < -0.4 is 10.0 Å². The summed E-state index contributed by atoms with van der Waals surface area (Å²) < 4.78 is 118. The maximum Gasteiger partial charge on any atom is 0.304 e. The molecule has 3 atom stereocenters. The minimum Gasteiger partial charge on any atom is -0.347 e. The molecular formula is C41H32ClF6N9O3S. The van der Waals surface area contributed by atoms with Crippen molar-refractivity contribution in [2.45, 2.75) is 56.5 Å². The topological polar surface area (TPSA) is 152 Å². The molecule has 2 aliphatic carbocycles. The summed E-state index contributed by atoms with van der Waals surface area (Å²) in [6, 6.07) is 7.68. The van der Waals surface area contributed by atoms with Gasteiger partial charge in [-0.3, -0.25) is 18.9 Å². The fourth-order valence-electron chi connectivity index (χ4n) is 7.69. The highest BCUT2D eigenvalue weighted by Crippen LogP contribution is 2.57. The maximum absolute atomic E-state index is 15.6. The molecule has 314 valence electrons. The van der Waals surface area contributed by atoms with Crippen LogP contribution in [0.2, 0.25) is 5.02 Å². The smallest absolute Gasteiger partial charge is 0.304 e. The first-order valence-corrected chi connectivity index (χ1v) is 20.7. The molecule has 6 aromatic rings. The summed E-state index contributed by atoms with van der Waals surface area (Å²) in [5.41, 5.74) is -1.76. The van der Waals surface area contributed by atoms with E-state index in [1.165, 1.54) is 17.8 Å². The summed E-state index contributed by atoms with van der Waals surface area (Å²) in [4.78, 5) is 26.3. The van der Waals surface area contributed by atoms with Crippen molar-refractivity contribution in [1.29, 1.82) is 0 Å². The molecule has 0 unspecified atom stereocenters. The van der Waals surface area contributed by atoms with E-state index < -0.39 is 86.7 Å². The molecular weight excluding hydrogens is 848 g/mol. The number of hydrogen-bond donors (Lipinski definition) is 3. The fourth-order valence-corrected chi connectivity index (χ4v) is 8.42. The first kappa shape index (κ1) is 41.4. The summed E-state index contributed by atoms with van der Waals surface area (Å²) in [6.07, 6.45) is 0.564. The summed E-state index contributed by atoms with van der Waals surface area (Å²) in [7, 11) is -2.30. The Hall–Kier alpha value is -6.31. The first-order chi connectivity index (χ1) is 28.7. The molecule has 20 heteroatoms. The third-order valence-corrected chi connectivity index (χ3v) is 11.2. The number of fused-ring (bicyclic) bond motifs is 4. The zero-order chi connectivity index (χ0) is 43.8. The second-order valence-corrected chi connectivity index (χ2v) is 17.3. The van der Waals surface area contributed by atoms with Gasteiger partial charge in [0.15, 0.2) is 5.82 Å². The standard InChI is InChI=1S/C41H32ClF6N9O3S/c1-40(2,39-49-13-14-50-39)12-11-23-5-6-24(25-8-10-28(42)32-35(25)56(3)54-38(32)55-61(4,59)60)33(51-23)29(17-20-15-21(43)18-22(44)16-20)52-30(58)19-57-36-31(34(53-57)37(45)46)26-7-9-27(26)41(36,47)48/h5-6,8,10,13-16,18,26-27,29,37H,17,19H2,1-4H3,(H,49,50)(H,52,58)(H,54,55)/t26-,27+,29-/m0/s1. The van der Waals surface area contributed by atoms with Gasteiger partial charge in [-0.2, -0.15) is 19.0 Å². The Morgan fingerprint density at radius 1 is 1.07 bits per heavy atom. The van der Waals surface area contributed by atoms with Gasteiger partial charge in [-0.05, 0) is 62.1 Å². The number of nitrogens with one attached hydrogen (secondary N) is 3. The number of carbonyl (C=O) groups excluding carboxylic acids is 1.